The number of hydrogen-bond donors (Lipinski definition) is 0. The van der Waals surface area contributed by atoms with E-state index in [4.69, 9.17) is 0 Å². The molecule has 0 saturated carbocycles. The Labute approximate surface area is 143 Å². The summed E-state index contributed by atoms with van der Waals surface area (Å²) in [6, 6.07) is 10.3. The molecule has 24 heavy (non-hydrogen) atoms. The number of likely N-dealkylation sites (tertiary alicyclic amines) is 1. The molecule has 4 rings (SSSR count). The maximum atomic E-state index is 13.1. The zero-order chi connectivity index (χ0) is 16.5. The van der Waals surface area contributed by atoms with Crippen LogP contribution in [-0.2, 0) is 0 Å². The van der Waals surface area contributed by atoms with E-state index >= 15 is 0 Å². The van der Waals surface area contributed by atoms with E-state index in [1.54, 1.807) is 40.6 Å². The summed E-state index contributed by atoms with van der Waals surface area (Å²) < 4.78 is 14.9. The quantitative estimate of drug-likeness (QED) is 0.721. The molecule has 3 aromatic rings. The van der Waals surface area contributed by atoms with Crippen LogP contribution in [0.1, 0.15) is 34.2 Å². The lowest BCUT2D eigenvalue weighted by Gasteiger charge is -2.24. The lowest BCUT2D eigenvalue weighted by molar-refractivity contribution is 0.0729. The number of halogens is 1. The second kappa shape index (κ2) is 6.20. The van der Waals surface area contributed by atoms with E-state index in [2.05, 4.69) is 11.1 Å². The molecule has 0 N–H and O–H groups in total. The summed E-state index contributed by atoms with van der Waals surface area (Å²) in [5, 5.41) is 2.04. The van der Waals surface area contributed by atoms with Gasteiger partial charge in [-0.25, -0.2) is 9.37 Å². The summed E-state index contributed by atoms with van der Waals surface area (Å²) in [6.07, 6.45) is 5.15. The van der Waals surface area contributed by atoms with Crippen molar-refractivity contribution in [2.24, 2.45) is 0 Å². The molecule has 122 valence electrons. The SMILES string of the molecule is O=C(c1cncn1-c1ccc(F)cc1)N1CCCC1c1cccs1. The molecule has 1 atom stereocenters. The highest BCUT2D eigenvalue weighted by molar-refractivity contribution is 7.10. The van der Waals surface area contributed by atoms with E-state index < -0.39 is 0 Å². The maximum absolute atomic E-state index is 13.1. The average molecular weight is 341 g/mol. The number of nitrogens with zero attached hydrogens (tertiary/aromatic N) is 3. The van der Waals surface area contributed by atoms with E-state index in [1.165, 1.54) is 17.0 Å². The third kappa shape index (κ3) is 2.63. The van der Waals surface area contributed by atoms with Crippen molar-refractivity contribution in [3.63, 3.8) is 0 Å². The molecule has 1 aliphatic rings. The molecule has 6 heteroatoms. The minimum atomic E-state index is -0.302. The van der Waals surface area contributed by atoms with Crippen LogP contribution in [0.5, 0.6) is 0 Å². The zero-order valence-corrected chi connectivity index (χ0v) is 13.7. The van der Waals surface area contributed by atoms with Crippen LogP contribution in [0.15, 0.2) is 54.3 Å². The maximum Gasteiger partial charge on any atom is 0.273 e. The molecule has 0 aliphatic carbocycles. The van der Waals surface area contributed by atoms with Gasteiger partial charge in [-0.3, -0.25) is 9.36 Å². The Morgan fingerprint density at radius 3 is 2.83 bits per heavy atom. The highest BCUT2D eigenvalue weighted by atomic mass is 32.1. The molecule has 1 aromatic carbocycles. The minimum absolute atomic E-state index is 0.0345. The van der Waals surface area contributed by atoms with Crippen molar-refractivity contribution in [1.29, 1.82) is 0 Å². The van der Waals surface area contributed by atoms with Crippen LogP contribution >= 0.6 is 11.3 Å². The van der Waals surface area contributed by atoms with Gasteiger partial charge in [-0.05, 0) is 48.6 Å². The van der Waals surface area contributed by atoms with Crippen LogP contribution in [0.2, 0.25) is 0 Å². The number of benzene rings is 1. The van der Waals surface area contributed by atoms with Gasteiger partial charge in [0, 0.05) is 17.1 Å². The summed E-state index contributed by atoms with van der Waals surface area (Å²) >= 11 is 1.68. The summed E-state index contributed by atoms with van der Waals surface area (Å²) in [4.78, 5) is 20.3. The van der Waals surface area contributed by atoms with E-state index in [9.17, 15) is 9.18 Å². The molecule has 0 bridgehead atoms. The first-order valence-corrected chi connectivity index (χ1v) is 8.74. The molecule has 1 fully saturated rings. The van der Waals surface area contributed by atoms with Gasteiger partial charge in [-0.1, -0.05) is 6.07 Å². The van der Waals surface area contributed by atoms with Gasteiger partial charge in [0.15, 0.2) is 0 Å². The first-order chi connectivity index (χ1) is 11.7. The Kier molecular flexibility index (Phi) is 3.90. The monoisotopic (exact) mass is 341 g/mol. The van der Waals surface area contributed by atoms with E-state index in [-0.39, 0.29) is 17.8 Å². The fraction of sp³-hybridized carbons (Fsp3) is 0.222. The number of amides is 1. The van der Waals surface area contributed by atoms with E-state index in [0.29, 0.717) is 5.69 Å². The smallest absolute Gasteiger partial charge is 0.273 e. The zero-order valence-electron chi connectivity index (χ0n) is 12.9. The molecule has 1 saturated heterocycles. The first kappa shape index (κ1) is 15.1. The summed E-state index contributed by atoms with van der Waals surface area (Å²) in [7, 11) is 0. The molecule has 1 aliphatic heterocycles. The number of thiophene rings is 1. The molecule has 1 unspecified atom stereocenters. The van der Waals surface area contributed by atoms with Gasteiger partial charge in [0.25, 0.3) is 5.91 Å². The minimum Gasteiger partial charge on any atom is -0.329 e. The second-order valence-corrected chi connectivity index (χ2v) is 6.78. The van der Waals surface area contributed by atoms with Crippen molar-refractivity contribution in [2.75, 3.05) is 6.54 Å². The number of aromatic nitrogens is 2. The van der Waals surface area contributed by atoms with Crippen molar-refractivity contribution in [3.8, 4) is 5.69 Å². The fourth-order valence-electron chi connectivity index (χ4n) is 3.19. The standard InChI is InChI=1S/C18H16FN3OS/c19-13-5-7-14(8-6-13)22-12-20-11-16(22)18(23)21-9-1-3-15(21)17-4-2-10-24-17/h2,4-8,10-12,15H,1,3,9H2. The summed E-state index contributed by atoms with van der Waals surface area (Å²) in [5.74, 6) is -0.336. The van der Waals surface area contributed by atoms with E-state index in [1.807, 2.05) is 16.3 Å². The molecular formula is C18H16FN3OS. The molecular weight excluding hydrogens is 325 g/mol. The number of carbonyl (C=O) groups excluding carboxylic acids is 1. The van der Waals surface area contributed by atoms with Gasteiger partial charge < -0.3 is 4.90 Å². The van der Waals surface area contributed by atoms with Crippen LogP contribution < -0.4 is 0 Å². The predicted octanol–water partition coefficient (Wildman–Crippen LogP) is 4.05. The molecule has 3 heterocycles. The topological polar surface area (TPSA) is 38.1 Å². The lowest BCUT2D eigenvalue weighted by Crippen LogP contribution is -2.31. The molecule has 4 nitrogen and oxygen atoms in total. The molecule has 0 spiro atoms. The largest absolute Gasteiger partial charge is 0.329 e. The molecule has 0 radical (unpaired) electrons. The third-order valence-corrected chi connectivity index (χ3v) is 5.32. The Bertz CT molecular complexity index is 842. The Balaban J connectivity index is 1.66. The molecule has 2 aromatic heterocycles. The van der Waals surface area contributed by atoms with Crippen LogP contribution in [0.25, 0.3) is 5.69 Å². The van der Waals surface area contributed by atoms with Gasteiger partial charge in [-0.15, -0.1) is 11.3 Å². The second-order valence-electron chi connectivity index (χ2n) is 5.80. The molecule has 1 amide bonds. The van der Waals surface area contributed by atoms with Crippen LogP contribution in [0.3, 0.4) is 0 Å². The van der Waals surface area contributed by atoms with Gasteiger partial charge in [0.2, 0.25) is 0 Å². The number of imidazole rings is 1. The van der Waals surface area contributed by atoms with Crippen molar-refractivity contribution in [3.05, 3.63) is 70.7 Å². The van der Waals surface area contributed by atoms with Gasteiger partial charge >= 0.3 is 0 Å². The van der Waals surface area contributed by atoms with Crippen LogP contribution in [0, 0.1) is 5.82 Å². The van der Waals surface area contributed by atoms with Crippen molar-refractivity contribution in [1.82, 2.24) is 14.5 Å². The Hall–Kier alpha value is -2.47. The fourth-order valence-corrected chi connectivity index (χ4v) is 4.07. The average Bonchev–Trinajstić information content (AvgIpc) is 3.34. The predicted molar refractivity (Wildman–Crippen MR) is 90.9 cm³/mol. The number of hydrogen-bond acceptors (Lipinski definition) is 3. The van der Waals surface area contributed by atoms with Crippen molar-refractivity contribution < 1.29 is 9.18 Å². The van der Waals surface area contributed by atoms with Gasteiger partial charge in [0.05, 0.1) is 18.6 Å². The van der Waals surface area contributed by atoms with Crippen molar-refractivity contribution in [2.45, 2.75) is 18.9 Å². The first-order valence-electron chi connectivity index (χ1n) is 7.87. The normalized spacial score (nSPS) is 17.4. The van der Waals surface area contributed by atoms with E-state index in [0.717, 1.165) is 25.1 Å². The lowest BCUT2D eigenvalue weighted by atomic mass is 10.2. The Morgan fingerprint density at radius 1 is 1.25 bits per heavy atom. The highest BCUT2D eigenvalue weighted by Crippen LogP contribution is 2.35. The van der Waals surface area contributed by atoms with Gasteiger partial charge in [0.1, 0.15) is 11.5 Å². The third-order valence-electron chi connectivity index (χ3n) is 4.35. The highest BCUT2D eigenvalue weighted by Gasteiger charge is 2.32. The summed E-state index contributed by atoms with van der Waals surface area (Å²) in [6.45, 7) is 0.746. The Morgan fingerprint density at radius 2 is 2.08 bits per heavy atom. The number of carbonyl (C=O) groups is 1. The van der Waals surface area contributed by atoms with Gasteiger partial charge in [-0.2, -0.15) is 0 Å². The van der Waals surface area contributed by atoms with Crippen molar-refractivity contribution >= 4 is 17.2 Å². The van der Waals surface area contributed by atoms with Crippen LogP contribution in [0.4, 0.5) is 4.39 Å². The summed E-state index contributed by atoms with van der Waals surface area (Å²) in [5.41, 5.74) is 1.23. The van der Waals surface area contributed by atoms with Crippen LogP contribution in [-0.4, -0.2) is 26.9 Å². The number of rotatable bonds is 3.